The predicted octanol–water partition coefficient (Wildman–Crippen LogP) is 7.61. The van der Waals surface area contributed by atoms with Gasteiger partial charge in [-0.1, -0.05) is 6.42 Å². The summed E-state index contributed by atoms with van der Waals surface area (Å²) >= 11 is 0. The SMILES string of the molecule is CC(C)(C)N1CCC2(CC1)CC2.CC(C)(C)N1CCC2(CC1)COC2.CC(C)(C)N1CCC2(CCC2)CC1. The second kappa shape index (κ2) is 11.3. The van der Waals surface area contributed by atoms with Gasteiger partial charge >= 0.3 is 0 Å². The molecule has 3 spiro atoms. The Morgan fingerprint density at radius 3 is 0.868 bits per heavy atom. The van der Waals surface area contributed by atoms with Crippen LogP contribution in [0.3, 0.4) is 0 Å². The number of likely N-dealkylation sites (tertiary alicyclic amines) is 3. The van der Waals surface area contributed by atoms with E-state index >= 15 is 0 Å². The third kappa shape index (κ3) is 7.77. The Labute approximate surface area is 237 Å². The lowest BCUT2D eigenvalue weighted by molar-refractivity contribution is -0.145. The van der Waals surface area contributed by atoms with Crippen molar-refractivity contribution in [2.45, 2.75) is 150 Å². The summed E-state index contributed by atoms with van der Waals surface area (Å²) in [5.74, 6) is 0. The van der Waals surface area contributed by atoms with Crippen LogP contribution in [0.4, 0.5) is 0 Å². The lowest BCUT2D eigenvalue weighted by Crippen LogP contribution is -2.54. The zero-order valence-corrected chi connectivity index (χ0v) is 27.2. The molecule has 4 aliphatic heterocycles. The van der Waals surface area contributed by atoms with E-state index in [1.807, 2.05) is 0 Å². The number of piperidine rings is 3. The van der Waals surface area contributed by atoms with Gasteiger partial charge in [0.2, 0.25) is 0 Å². The number of rotatable bonds is 0. The van der Waals surface area contributed by atoms with E-state index in [1.165, 1.54) is 110 Å². The van der Waals surface area contributed by atoms with Crippen molar-refractivity contribution >= 4 is 0 Å². The highest BCUT2D eigenvalue weighted by atomic mass is 16.5. The molecule has 0 aromatic rings. The fraction of sp³-hybridized carbons (Fsp3) is 1.00. The van der Waals surface area contributed by atoms with Crippen molar-refractivity contribution in [3.05, 3.63) is 0 Å². The summed E-state index contributed by atoms with van der Waals surface area (Å²) in [6.07, 6.45) is 16.1. The highest BCUT2D eigenvalue weighted by Gasteiger charge is 2.46. The van der Waals surface area contributed by atoms with E-state index in [4.69, 9.17) is 4.74 Å². The topological polar surface area (TPSA) is 19.0 Å². The van der Waals surface area contributed by atoms with Gasteiger partial charge in [-0.15, -0.1) is 0 Å². The fourth-order valence-corrected chi connectivity index (χ4v) is 7.49. The molecule has 4 heterocycles. The third-order valence-corrected chi connectivity index (χ3v) is 11.5. The Balaban J connectivity index is 0.000000133. The van der Waals surface area contributed by atoms with Gasteiger partial charge in [-0.3, -0.25) is 14.7 Å². The monoisotopic (exact) mass is 532 g/mol. The van der Waals surface area contributed by atoms with Gasteiger partial charge in [-0.05, 0) is 177 Å². The molecule has 0 unspecified atom stereocenters. The summed E-state index contributed by atoms with van der Waals surface area (Å²) in [6.45, 7) is 30.8. The first-order valence-corrected chi connectivity index (χ1v) is 16.4. The molecule has 0 aromatic heterocycles. The van der Waals surface area contributed by atoms with Crippen LogP contribution in [0.1, 0.15) is 133 Å². The van der Waals surface area contributed by atoms with Crippen molar-refractivity contribution in [1.29, 1.82) is 0 Å². The minimum atomic E-state index is 0.353. The third-order valence-electron chi connectivity index (χ3n) is 11.5. The largest absolute Gasteiger partial charge is 0.380 e. The first kappa shape index (κ1) is 30.8. The van der Waals surface area contributed by atoms with Crippen LogP contribution in [0, 0.1) is 16.2 Å². The van der Waals surface area contributed by atoms with E-state index in [0.29, 0.717) is 22.0 Å². The Morgan fingerprint density at radius 2 is 0.684 bits per heavy atom. The van der Waals surface area contributed by atoms with Crippen molar-refractivity contribution < 1.29 is 4.74 Å². The Kier molecular flexibility index (Phi) is 9.12. The minimum absolute atomic E-state index is 0.353. The number of hydrogen-bond donors (Lipinski definition) is 0. The average molecular weight is 532 g/mol. The van der Waals surface area contributed by atoms with Crippen molar-refractivity contribution in [3.8, 4) is 0 Å². The van der Waals surface area contributed by atoms with Crippen LogP contribution in [0.25, 0.3) is 0 Å². The van der Waals surface area contributed by atoms with Gasteiger partial charge in [0.25, 0.3) is 0 Å². The predicted molar refractivity (Wildman–Crippen MR) is 163 cm³/mol. The molecule has 2 aliphatic carbocycles. The Morgan fingerprint density at radius 1 is 0.395 bits per heavy atom. The molecule has 6 fully saturated rings. The van der Waals surface area contributed by atoms with Crippen LogP contribution < -0.4 is 0 Å². The smallest absolute Gasteiger partial charge is 0.0545 e. The van der Waals surface area contributed by atoms with E-state index in [0.717, 1.165) is 24.0 Å². The quantitative estimate of drug-likeness (QED) is 0.320. The lowest BCUT2D eigenvalue weighted by Gasteiger charge is -2.51. The summed E-state index contributed by atoms with van der Waals surface area (Å²) in [5, 5.41) is 0. The maximum atomic E-state index is 5.32. The number of hydrogen-bond acceptors (Lipinski definition) is 4. The van der Waals surface area contributed by atoms with Crippen LogP contribution in [0.15, 0.2) is 0 Å². The highest BCUT2D eigenvalue weighted by Crippen LogP contribution is 2.54. The van der Waals surface area contributed by atoms with Gasteiger partial charge in [0.15, 0.2) is 0 Å². The molecule has 0 N–H and O–H groups in total. The molecule has 4 heteroatoms. The van der Waals surface area contributed by atoms with E-state index < -0.39 is 0 Å². The summed E-state index contributed by atoms with van der Waals surface area (Å²) in [6, 6.07) is 0. The van der Waals surface area contributed by atoms with Crippen LogP contribution in [-0.4, -0.2) is 83.8 Å². The van der Waals surface area contributed by atoms with Crippen LogP contribution in [0.2, 0.25) is 0 Å². The van der Waals surface area contributed by atoms with Crippen LogP contribution >= 0.6 is 0 Å². The molecule has 0 aromatic carbocycles. The van der Waals surface area contributed by atoms with Gasteiger partial charge in [-0.25, -0.2) is 0 Å². The lowest BCUT2D eigenvalue weighted by atomic mass is 9.63. The van der Waals surface area contributed by atoms with Crippen molar-refractivity contribution in [2.24, 2.45) is 16.2 Å². The molecular formula is C34H65N3O. The second-order valence-corrected chi connectivity index (χ2v) is 17.3. The highest BCUT2D eigenvalue weighted by molar-refractivity contribution is 4.98. The zero-order chi connectivity index (χ0) is 27.9. The Bertz CT molecular complexity index is 684. The first-order chi connectivity index (χ1) is 17.6. The van der Waals surface area contributed by atoms with Gasteiger partial charge in [-0.2, -0.15) is 0 Å². The van der Waals surface area contributed by atoms with Crippen molar-refractivity contribution in [2.75, 3.05) is 52.5 Å². The van der Waals surface area contributed by atoms with Crippen molar-refractivity contribution in [3.63, 3.8) is 0 Å². The summed E-state index contributed by atoms with van der Waals surface area (Å²) in [4.78, 5) is 7.88. The van der Waals surface area contributed by atoms with E-state index in [-0.39, 0.29) is 0 Å². The zero-order valence-electron chi connectivity index (χ0n) is 27.2. The van der Waals surface area contributed by atoms with E-state index in [9.17, 15) is 0 Å². The molecule has 222 valence electrons. The standard InChI is InChI=1S/C12H23N.C11H21NO.C11H21N/c1-11(2,3)13-9-7-12(8-10-13)5-4-6-12;1-10(2,3)12-6-4-11(5-7-12)8-13-9-11;1-10(2,3)12-8-6-11(4-5-11)7-9-12/h4-10H2,1-3H3;4-9H2,1-3H3;4-9H2,1-3H3. The van der Waals surface area contributed by atoms with Crippen molar-refractivity contribution in [1.82, 2.24) is 14.7 Å². The molecule has 0 radical (unpaired) electrons. The number of ether oxygens (including phenoxy) is 1. The second-order valence-electron chi connectivity index (χ2n) is 17.3. The van der Waals surface area contributed by atoms with E-state index in [2.05, 4.69) is 77.0 Å². The molecule has 4 saturated heterocycles. The van der Waals surface area contributed by atoms with Gasteiger partial charge < -0.3 is 4.74 Å². The molecular weight excluding hydrogens is 466 g/mol. The van der Waals surface area contributed by atoms with Crippen LogP contribution in [0.5, 0.6) is 0 Å². The normalized spacial score (nSPS) is 29.0. The molecule has 4 nitrogen and oxygen atoms in total. The molecule has 6 aliphatic rings. The van der Waals surface area contributed by atoms with Gasteiger partial charge in [0.1, 0.15) is 0 Å². The molecule has 2 saturated carbocycles. The molecule has 38 heavy (non-hydrogen) atoms. The summed E-state index contributed by atoms with van der Waals surface area (Å²) in [5.41, 5.74) is 3.37. The first-order valence-electron chi connectivity index (χ1n) is 16.4. The van der Waals surface area contributed by atoms with Gasteiger partial charge in [0.05, 0.1) is 13.2 Å². The molecule has 0 atom stereocenters. The summed E-state index contributed by atoms with van der Waals surface area (Å²) in [7, 11) is 0. The maximum Gasteiger partial charge on any atom is 0.0545 e. The Hall–Kier alpha value is -0.160. The van der Waals surface area contributed by atoms with E-state index in [1.54, 1.807) is 0 Å². The molecule has 0 bridgehead atoms. The minimum Gasteiger partial charge on any atom is -0.380 e. The summed E-state index contributed by atoms with van der Waals surface area (Å²) < 4.78 is 5.32. The number of nitrogens with zero attached hydrogens (tertiary/aromatic N) is 3. The fourth-order valence-electron chi connectivity index (χ4n) is 7.49. The van der Waals surface area contributed by atoms with Crippen LogP contribution in [-0.2, 0) is 4.74 Å². The molecule has 6 rings (SSSR count). The molecule has 0 amide bonds. The average Bonchev–Trinajstić information content (AvgIpc) is 3.55. The van der Waals surface area contributed by atoms with Gasteiger partial charge in [0, 0.05) is 22.0 Å². The maximum absolute atomic E-state index is 5.32.